The summed E-state index contributed by atoms with van der Waals surface area (Å²) in [5, 5.41) is 18.5. The van der Waals surface area contributed by atoms with Crippen LogP contribution in [0.5, 0.6) is 11.5 Å². The van der Waals surface area contributed by atoms with Crippen molar-refractivity contribution in [2.75, 3.05) is 14.2 Å². The fourth-order valence-corrected chi connectivity index (χ4v) is 3.29. The summed E-state index contributed by atoms with van der Waals surface area (Å²) in [5.74, 6) is 0.316. The molecule has 7 nitrogen and oxygen atoms in total. The molecule has 0 amide bonds. The average Bonchev–Trinajstić information content (AvgIpc) is 3.14. The molecule has 0 aliphatic carbocycles. The predicted molar refractivity (Wildman–Crippen MR) is 109 cm³/mol. The summed E-state index contributed by atoms with van der Waals surface area (Å²) in [6, 6.07) is 14.0. The zero-order valence-corrected chi connectivity index (χ0v) is 16.2. The first-order valence-corrected chi connectivity index (χ1v) is 8.93. The Morgan fingerprint density at radius 2 is 1.79 bits per heavy atom. The monoisotopic (exact) mass is 389 g/mol. The number of phenols is 1. The molecule has 29 heavy (non-hydrogen) atoms. The number of hydrogen-bond donors (Lipinski definition) is 2. The summed E-state index contributed by atoms with van der Waals surface area (Å²) in [7, 11) is 2.92. The molecule has 0 radical (unpaired) electrons. The highest BCUT2D eigenvalue weighted by atomic mass is 16.5. The number of carbonyl (C=O) groups is 1. The number of aromatic hydroxyl groups is 1. The van der Waals surface area contributed by atoms with Crippen LogP contribution in [0.25, 0.3) is 33.4 Å². The number of aromatic nitrogens is 3. The van der Waals surface area contributed by atoms with Gasteiger partial charge in [0.15, 0.2) is 5.65 Å². The second-order valence-corrected chi connectivity index (χ2v) is 6.55. The molecule has 2 N–H and O–H groups in total. The lowest BCUT2D eigenvalue weighted by molar-refractivity contribution is 0.0600. The van der Waals surface area contributed by atoms with Gasteiger partial charge in [0, 0.05) is 16.6 Å². The van der Waals surface area contributed by atoms with Crippen LogP contribution in [0.1, 0.15) is 16.1 Å². The first-order chi connectivity index (χ1) is 14.0. The lowest BCUT2D eigenvalue weighted by Gasteiger charge is -2.11. The normalized spacial score (nSPS) is 10.9. The van der Waals surface area contributed by atoms with Crippen molar-refractivity contribution >= 4 is 17.0 Å². The second kappa shape index (κ2) is 7.27. The van der Waals surface area contributed by atoms with Gasteiger partial charge < -0.3 is 14.6 Å². The lowest BCUT2D eigenvalue weighted by Crippen LogP contribution is -2.00. The maximum absolute atomic E-state index is 11.7. The van der Waals surface area contributed by atoms with Crippen molar-refractivity contribution in [2.45, 2.75) is 6.92 Å². The summed E-state index contributed by atoms with van der Waals surface area (Å²) in [4.78, 5) is 16.4. The van der Waals surface area contributed by atoms with Crippen LogP contribution < -0.4 is 4.74 Å². The highest BCUT2D eigenvalue weighted by molar-refractivity contribution is 5.98. The van der Waals surface area contributed by atoms with Crippen molar-refractivity contribution in [3.05, 3.63) is 59.8 Å². The molecule has 4 rings (SSSR count). The van der Waals surface area contributed by atoms with Gasteiger partial charge in [0.25, 0.3) is 0 Å². The van der Waals surface area contributed by atoms with Crippen LogP contribution in [0.15, 0.2) is 48.5 Å². The van der Waals surface area contributed by atoms with Crippen molar-refractivity contribution in [2.24, 2.45) is 0 Å². The number of phenolic OH excluding ortho intramolecular Hbond substituents is 1. The van der Waals surface area contributed by atoms with Gasteiger partial charge in [-0.1, -0.05) is 12.1 Å². The van der Waals surface area contributed by atoms with Gasteiger partial charge in [-0.3, -0.25) is 5.10 Å². The van der Waals surface area contributed by atoms with Crippen LogP contribution in [-0.4, -0.2) is 40.5 Å². The lowest BCUT2D eigenvalue weighted by atomic mass is 9.98. The summed E-state index contributed by atoms with van der Waals surface area (Å²) in [5.41, 5.74) is 4.76. The fraction of sp³-hybridized carbons (Fsp3) is 0.136. The van der Waals surface area contributed by atoms with E-state index in [1.165, 1.54) is 7.11 Å². The number of nitrogens with one attached hydrogen (secondary N) is 1. The minimum atomic E-state index is -0.391. The number of esters is 1. The molecule has 2 aromatic carbocycles. The number of hydrogen-bond acceptors (Lipinski definition) is 6. The standard InChI is InChI=1S/C22H19N3O4/c1-12-20-16(13-4-6-14(7-5-13)22(27)29-3)11-18(23-21(20)25-24-12)17-10-15(28-2)8-9-19(17)26/h4-11,26H,1-3H3,(H,23,24,25). The van der Waals surface area contributed by atoms with Gasteiger partial charge in [0.1, 0.15) is 11.5 Å². The number of aryl methyl sites for hydroxylation is 1. The Bertz CT molecular complexity index is 1210. The third-order valence-electron chi connectivity index (χ3n) is 4.80. The molecule has 2 aromatic heterocycles. The first-order valence-electron chi connectivity index (χ1n) is 8.93. The Hall–Kier alpha value is -3.87. The molecule has 0 unspecified atom stereocenters. The van der Waals surface area contributed by atoms with E-state index >= 15 is 0 Å². The molecule has 0 saturated heterocycles. The maximum atomic E-state index is 11.7. The summed E-state index contributed by atoms with van der Waals surface area (Å²) < 4.78 is 10.0. The van der Waals surface area contributed by atoms with Gasteiger partial charge in [-0.2, -0.15) is 5.10 Å². The van der Waals surface area contributed by atoms with Crippen LogP contribution in [0, 0.1) is 6.92 Å². The van der Waals surface area contributed by atoms with Crippen LogP contribution in [0.2, 0.25) is 0 Å². The molecule has 2 heterocycles. The molecule has 146 valence electrons. The third-order valence-corrected chi connectivity index (χ3v) is 4.80. The van der Waals surface area contributed by atoms with Crippen molar-refractivity contribution < 1.29 is 19.4 Å². The van der Waals surface area contributed by atoms with Crippen molar-refractivity contribution in [1.82, 2.24) is 15.2 Å². The van der Waals surface area contributed by atoms with Crippen LogP contribution in [0.3, 0.4) is 0 Å². The number of methoxy groups -OCH3 is 2. The highest BCUT2D eigenvalue weighted by Gasteiger charge is 2.17. The van der Waals surface area contributed by atoms with Crippen LogP contribution in [-0.2, 0) is 4.74 Å². The van der Waals surface area contributed by atoms with Crippen molar-refractivity contribution in [1.29, 1.82) is 0 Å². The second-order valence-electron chi connectivity index (χ2n) is 6.55. The fourth-order valence-electron chi connectivity index (χ4n) is 3.29. The SMILES string of the molecule is COC(=O)c1ccc(-c2cc(-c3cc(OC)ccc3O)nc3n[nH]c(C)c23)cc1. The third kappa shape index (κ3) is 3.27. The minimum absolute atomic E-state index is 0.0943. The van der Waals surface area contributed by atoms with E-state index in [1.54, 1.807) is 37.4 Å². The molecule has 0 atom stereocenters. The number of ether oxygens (including phenoxy) is 2. The number of rotatable bonds is 4. The number of H-pyrrole nitrogens is 1. The van der Waals surface area contributed by atoms with Gasteiger partial charge in [-0.15, -0.1) is 0 Å². The van der Waals surface area contributed by atoms with E-state index in [4.69, 9.17) is 9.47 Å². The van der Waals surface area contributed by atoms with Crippen LogP contribution >= 0.6 is 0 Å². The average molecular weight is 389 g/mol. The van der Waals surface area contributed by atoms with E-state index in [1.807, 2.05) is 25.1 Å². The molecule has 0 spiro atoms. The maximum Gasteiger partial charge on any atom is 0.337 e. The smallest absolute Gasteiger partial charge is 0.337 e. The van der Waals surface area contributed by atoms with Crippen molar-refractivity contribution in [3.63, 3.8) is 0 Å². The Morgan fingerprint density at radius 3 is 2.48 bits per heavy atom. The van der Waals surface area contributed by atoms with Gasteiger partial charge in [0.05, 0.1) is 25.5 Å². The largest absolute Gasteiger partial charge is 0.507 e. The van der Waals surface area contributed by atoms with E-state index in [2.05, 4.69) is 15.2 Å². The van der Waals surface area contributed by atoms with E-state index in [0.29, 0.717) is 28.2 Å². The molecule has 0 fully saturated rings. The summed E-state index contributed by atoms with van der Waals surface area (Å²) in [6.45, 7) is 1.92. The van der Waals surface area contributed by atoms with E-state index in [-0.39, 0.29) is 5.75 Å². The Labute approximate surface area is 166 Å². The first kappa shape index (κ1) is 18.5. The summed E-state index contributed by atoms with van der Waals surface area (Å²) >= 11 is 0. The molecule has 7 heteroatoms. The Balaban J connectivity index is 1.92. The number of fused-ring (bicyclic) bond motifs is 1. The zero-order valence-electron chi connectivity index (χ0n) is 16.2. The quantitative estimate of drug-likeness (QED) is 0.510. The highest BCUT2D eigenvalue weighted by Crippen LogP contribution is 2.37. The Kier molecular flexibility index (Phi) is 4.64. The van der Waals surface area contributed by atoms with Gasteiger partial charge >= 0.3 is 5.97 Å². The molecule has 4 aromatic rings. The van der Waals surface area contributed by atoms with Gasteiger partial charge in [0.2, 0.25) is 0 Å². The number of pyridine rings is 1. The predicted octanol–water partition coefficient (Wildman–Crippen LogP) is 4.10. The molecule has 0 bridgehead atoms. The summed E-state index contributed by atoms with van der Waals surface area (Å²) in [6.07, 6.45) is 0. The Morgan fingerprint density at radius 1 is 1.03 bits per heavy atom. The van der Waals surface area contributed by atoms with Crippen LogP contribution in [0.4, 0.5) is 0 Å². The molecule has 0 saturated carbocycles. The van der Waals surface area contributed by atoms with Gasteiger partial charge in [-0.05, 0) is 54.4 Å². The number of carbonyl (C=O) groups excluding carboxylic acids is 1. The van der Waals surface area contributed by atoms with Crippen molar-refractivity contribution in [3.8, 4) is 33.9 Å². The molecule has 0 aliphatic heterocycles. The van der Waals surface area contributed by atoms with E-state index < -0.39 is 5.97 Å². The topological polar surface area (TPSA) is 97.3 Å². The minimum Gasteiger partial charge on any atom is -0.507 e. The van der Waals surface area contributed by atoms with E-state index in [9.17, 15) is 9.90 Å². The molecular weight excluding hydrogens is 370 g/mol. The molecular formula is C22H19N3O4. The zero-order chi connectivity index (χ0) is 20.5. The van der Waals surface area contributed by atoms with E-state index in [0.717, 1.165) is 22.2 Å². The number of aromatic amines is 1. The number of nitrogens with zero attached hydrogens (tertiary/aromatic N) is 2. The number of benzene rings is 2. The molecule has 0 aliphatic rings. The van der Waals surface area contributed by atoms with Gasteiger partial charge in [-0.25, -0.2) is 9.78 Å².